The van der Waals surface area contributed by atoms with Crippen LogP contribution in [0.2, 0.25) is 0 Å². The first-order valence-corrected chi connectivity index (χ1v) is 5.69. The Kier molecular flexibility index (Phi) is 6.70. The fraction of sp³-hybridized carbons (Fsp3) is 0. The van der Waals surface area contributed by atoms with Crippen molar-refractivity contribution in [1.82, 2.24) is 0 Å². The van der Waals surface area contributed by atoms with Gasteiger partial charge in [-0.15, -0.1) is 0 Å². The van der Waals surface area contributed by atoms with Crippen LogP contribution in [0.15, 0.2) is 41.3 Å². The quantitative estimate of drug-likeness (QED) is 0.458. The maximum Gasteiger partial charge on any atom is 0.295 e. The van der Waals surface area contributed by atoms with E-state index in [1.807, 2.05) is 0 Å². The van der Waals surface area contributed by atoms with E-state index in [-0.39, 0.29) is 64.0 Å². The van der Waals surface area contributed by atoms with Crippen LogP contribution < -0.4 is 5.73 Å². The van der Waals surface area contributed by atoms with Crippen molar-refractivity contribution in [2.24, 2.45) is 0 Å². The maximum atomic E-state index is 11.1. The molecule has 0 aliphatic heterocycles. The van der Waals surface area contributed by atoms with Crippen LogP contribution >= 0.6 is 0 Å². The summed E-state index contributed by atoms with van der Waals surface area (Å²) >= 11 is 0. The third kappa shape index (κ3) is 3.68. The van der Waals surface area contributed by atoms with Crippen molar-refractivity contribution in [2.75, 3.05) is 5.73 Å². The van der Waals surface area contributed by atoms with Gasteiger partial charge in [-0.05, 0) is 12.1 Å². The molecule has 3 N–H and O–H groups in total. The second-order valence-electron chi connectivity index (χ2n) is 3.17. The van der Waals surface area contributed by atoms with Gasteiger partial charge in [0.15, 0.2) is 0 Å². The SMILES string of the molecule is Nc1ccc(S(=O)(=O)O)c2ccccc12.[Na].[Na]. The molecule has 0 fully saturated rings. The van der Waals surface area contributed by atoms with E-state index >= 15 is 0 Å². The largest absolute Gasteiger partial charge is 0.398 e. The third-order valence-corrected chi connectivity index (χ3v) is 3.11. The van der Waals surface area contributed by atoms with Gasteiger partial charge in [0.25, 0.3) is 10.1 Å². The molecule has 0 spiro atoms. The third-order valence-electron chi connectivity index (χ3n) is 2.20. The molecule has 0 saturated carbocycles. The molecule has 2 aromatic carbocycles. The van der Waals surface area contributed by atoms with E-state index in [4.69, 9.17) is 10.3 Å². The van der Waals surface area contributed by atoms with Gasteiger partial charge >= 0.3 is 0 Å². The van der Waals surface area contributed by atoms with Crippen LogP contribution in [0.5, 0.6) is 0 Å². The summed E-state index contributed by atoms with van der Waals surface area (Å²) in [6.07, 6.45) is 0. The smallest absolute Gasteiger partial charge is 0.295 e. The molecular formula is C10H9NNa2O3S. The molecule has 2 rings (SSSR count). The average molecular weight is 269 g/mol. The standard InChI is InChI=1S/C10H9NO3S.2Na/c11-9-5-6-10(15(12,13)14)8-4-2-1-3-7(8)9;;/h1-6H,11H2,(H,12,13,14);;. The summed E-state index contributed by atoms with van der Waals surface area (Å²) in [5, 5.41) is 1.05. The predicted molar refractivity (Wildman–Crippen MR) is 69.7 cm³/mol. The van der Waals surface area contributed by atoms with Crippen molar-refractivity contribution < 1.29 is 13.0 Å². The van der Waals surface area contributed by atoms with E-state index in [1.54, 1.807) is 24.3 Å². The second kappa shape index (κ2) is 6.54. The molecule has 7 heteroatoms. The van der Waals surface area contributed by atoms with Gasteiger partial charge in [0.05, 0.1) is 0 Å². The van der Waals surface area contributed by atoms with E-state index in [9.17, 15) is 8.42 Å². The summed E-state index contributed by atoms with van der Waals surface area (Å²) in [5.74, 6) is 0. The summed E-state index contributed by atoms with van der Waals surface area (Å²) in [7, 11) is -4.20. The summed E-state index contributed by atoms with van der Waals surface area (Å²) in [4.78, 5) is -0.118. The summed E-state index contributed by atoms with van der Waals surface area (Å²) < 4.78 is 31.2. The first-order valence-electron chi connectivity index (χ1n) is 4.25. The first kappa shape index (κ1) is 17.4. The Morgan fingerprint density at radius 1 is 0.941 bits per heavy atom. The zero-order valence-electron chi connectivity index (χ0n) is 9.71. The minimum Gasteiger partial charge on any atom is -0.398 e. The molecule has 0 amide bonds. The zero-order chi connectivity index (χ0) is 11.1. The van der Waals surface area contributed by atoms with Crippen molar-refractivity contribution in [3.8, 4) is 0 Å². The van der Waals surface area contributed by atoms with E-state index in [0.717, 1.165) is 0 Å². The van der Waals surface area contributed by atoms with Gasteiger partial charge in [0.2, 0.25) is 0 Å². The molecule has 2 radical (unpaired) electrons. The van der Waals surface area contributed by atoms with Gasteiger partial charge in [0, 0.05) is 75.6 Å². The van der Waals surface area contributed by atoms with Gasteiger partial charge in [-0.25, -0.2) is 0 Å². The Hall–Kier alpha value is 0.410. The molecule has 4 nitrogen and oxygen atoms in total. The molecule has 0 bridgehead atoms. The zero-order valence-corrected chi connectivity index (χ0v) is 14.5. The molecule has 0 aliphatic rings. The topological polar surface area (TPSA) is 80.4 Å². The number of nitrogens with two attached hydrogens (primary N) is 1. The van der Waals surface area contributed by atoms with E-state index in [2.05, 4.69) is 0 Å². The first-order chi connectivity index (χ1) is 7.00. The molecule has 17 heavy (non-hydrogen) atoms. The molecule has 0 aliphatic carbocycles. The molecule has 0 aromatic heterocycles. The van der Waals surface area contributed by atoms with Crippen molar-refractivity contribution in [3.05, 3.63) is 36.4 Å². The Morgan fingerprint density at radius 3 is 2.00 bits per heavy atom. The number of nitrogen functional groups attached to an aromatic ring is 1. The molecule has 0 heterocycles. The normalized spacial score (nSPS) is 10.4. The molecule has 80 valence electrons. The minimum absolute atomic E-state index is 0. The molecule has 0 atom stereocenters. The Labute approximate surface area is 144 Å². The van der Waals surface area contributed by atoms with Gasteiger partial charge in [-0.2, -0.15) is 8.42 Å². The Morgan fingerprint density at radius 2 is 1.47 bits per heavy atom. The van der Waals surface area contributed by atoms with Crippen LogP contribution in [-0.2, 0) is 10.1 Å². The fourth-order valence-electron chi connectivity index (χ4n) is 1.52. The van der Waals surface area contributed by atoms with Crippen LogP contribution in [-0.4, -0.2) is 72.1 Å². The Balaban J connectivity index is 0.00000128. The van der Waals surface area contributed by atoms with Gasteiger partial charge < -0.3 is 5.73 Å². The van der Waals surface area contributed by atoms with Gasteiger partial charge in [-0.1, -0.05) is 24.3 Å². The van der Waals surface area contributed by atoms with Crippen LogP contribution in [0.4, 0.5) is 5.69 Å². The average Bonchev–Trinajstić information content (AvgIpc) is 2.17. The number of anilines is 1. The number of hydrogen-bond acceptors (Lipinski definition) is 3. The number of benzene rings is 2. The van der Waals surface area contributed by atoms with Gasteiger partial charge in [-0.3, -0.25) is 4.55 Å². The number of hydrogen-bond donors (Lipinski definition) is 2. The summed E-state index contributed by atoms with van der Waals surface area (Å²) in [5.41, 5.74) is 6.18. The van der Waals surface area contributed by atoms with E-state index in [1.165, 1.54) is 12.1 Å². The summed E-state index contributed by atoms with van der Waals surface area (Å²) in [6, 6.07) is 9.52. The van der Waals surface area contributed by atoms with Crippen molar-refractivity contribution in [3.63, 3.8) is 0 Å². The fourth-order valence-corrected chi connectivity index (χ4v) is 2.22. The van der Waals surface area contributed by atoms with Crippen LogP contribution in [0.25, 0.3) is 10.8 Å². The minimum atomic E-state index is -4.20. The van der Waals surface area contributed by atoms with Gasteiger partial charge in [0.1, 0.15) is 4.90 Å². The van der Waals surface area contributed by atoms with Crippen LogP contribution in [0, 0.1) is 0 Å². The second-order valence-corrected chi connectivity index (χ2v) is 4.56. The molecule has 2 aromatic rings. The number of rotatable bonds is 1. The van der Waals surface area contributed by atoms with Crippen LogP contribution in [0.1, 0.15) is 0 Å². The summed E-state index contributed by atoms with van der Waals surface area (Å²) in [6.45, 7) is 0. The molecule has 0 saturated heterocycles. The van der Waals surface area contributed by atoms with Crippen molar-refractivity contribution in [1.29, 1.82) is 0 Å². The Bertz CT molecular complexity index is 628. The van der Waals surface area contributed by atoms with E-state index < -0.39 is 10.1 Å². The van der Waals surface area contributed by atoms with Crippen molar-refractivity contribution >= 4 is 85.7 Å². The maximum absolute atomic E-state index is 11.1. The monoisotopic (exact) mass is 269 g/mol. The molecular weight excluding hydrogens is 260 g/mol. The van der Waals surface area contributed by atoms with E-state index in [0.29, 0.717) is 16.5 Å². The number of fused-ring (bicyclic) bond motifs is 1. The van der Waals surface area contributed by atoms with Crippen molar-refractivity contribution in [2.45, 2.75) is 4.90 Å². The van der Waals surface area contributed by atoms with Crippen LogP contribution in [0.3, 0.4) is 0 Å². The predicted octanol–water partition coefficient (Wildman–Crippen LogP) is 0.907. The molecule has 0 unspecified atom stereocenters.